The molecule has 9 nitrogen and oxygen atoms in total. The molecular weight excluding hydrogens is 892 g/mol. The molecule has 0 aliphatic rings. The highest BCUT2D eigenvalue weighted by Crippen LogP contribution is 2.38. The van der Waals surface area contributed by atoms with Gasteiger partial charge in [0.05, 0.1) is 33.8 Å². The Bertz CT molecular complexity index is 1300. The average molecular weight is 1010 g/mol. The third-order valence-corrected chi connectivity index (χ3v) is 14.3. The predicted molar refractivity (Wildman–Crippen MR) is 298 cm³/mol. The Morgan fingerprint density at radius 2 is 0.857 bits per heavy atom. The maximum atomic E-state index is 13.5. The Morgan fingerprint density at radius 3 is 1.29 bits per heavy atom. The molecule has 0 bridgehead atoms. The van der Waals surface area contributed by atoms with Crippen molar-refractivity contribution in [2.75, 3.05) is 40.9 Å². The van der Waals surface area contributed by atoms with Crippen LogP contribution in [0.5, 0.6) is 0 Å². The smallest absolute Gasteiger partial charge is 0.306 e. The van der Waals surface area contributed by atoms with E-state index in [0.717, 1.165) is 77.0 Å². The summed E-state index contributed by atoms with van der Waals surface area (Å²) in [7, 11) is 1.19. The van der Waals surface area contributed by atoms with Gasteiger partial charge >= 0.3 is 5.97 Å². The Morgan fingerprint density at radius 1 is 0.500 bits per heavy atom. The molecule has 412 valence electrons. The summed E-state index contributed by atoms with van der Waals surface area (Å²) in [6.07, 6.45) is 59.6. The van der Waals surface area contributed by atoms with E-state index >= 15 is 0 Å². The molecule has 0 aliphatic heterocycles. The van der Waals surface area contributed by atoms with E-state index in [-0.39, 0.29) is 31.5 Å². The number of rotatable bonds is 54. The molecule has 0 fully saturated rings. The number of likely N-dealkylation sites (N-methyl/N-ethyl adjacent to an activating group) is 1. The van der Waals surface area contributed by atoms with E-state index in [2.05, 4.69) is 50.4 Å². The van der Waals surface area contributed by atoms with Crippen molar-refractivity contribution in [3.63, 3.8) is 0 Å². The Hall–Kier alpha value is -1.77. The van der Waals surface area contributed by atoms with Gasteiger partial charge in [-0.3, -0.25) is 14.2 Å². The molecular formula is C60H115N2O7P. The van der Waals surface area contributed by atoms with Crippen LogP contribution in [0.15, 0.2) is 36.5 Å². The largest absolute Gasteiger partial charge is 0.756 e. The van der Waals surface area contributed by atoms with E-state index in [9.17, 15) is 19.0 Å². The second-order valence-electron chi connectivity index (χ2n) is 21.5. The lowest BCUT2D eigenvalue weighted by molar-refractivity contribution is -0.870. The van der Waals surface area contributed by atoms with Crippen molar-refractivity contribution in [3.8, 4) is 0 Å². The number of hydrogen-bond donors (Lipinski definition) is 1. The molecule has 10 heteroatoms. The maximum Gasteiger partial charge on any atom is 0.306 e. The van der Waals surface area contributed by atoms with E-state index in [1.165, 1.54) is 173 Å². The van der Waals surface area contributed by atoms with E-state index in [0.29, 0.717) is 17.4 Å². The number of unbranched alkanes of at least 4 members (excludes halogenated alkanes) is 35. The molecule has 0 heterocycles. The van der Waals surface area contributed by atoms with Gasteiger partial charge in [-0.25, -0.2) is 0 Å². The van der Waals surface area contributed by atoms with Crippen molar-refractivity contribution in [3.05, 3.63) is 36.5 Å². The number of ether oxygens (including phenoxy) is 1. The molecule has 0 aliphatic carbocycles. The zero-order valence-electron chi connectivity index (χ0n) is 47.0. The number of nitrogens with one attached hydrogen (secondary N) is 1. The first kappa shape index (κ1) is 68.2. The van der Waals surface area contributed by atoms with Crippen LogP contribution in [0.4, 0.5) is 0 Å². The molecule has 70 heavy (non-hydrogen) atoms. The van der Waals surface area contributed by atoms with Crippen molar-refractivity contribution >= 4 is 19.7 Å². The summed E-state index contributed by atoms with van der Waals surface area (Å²) >= 11 is 0. The van der Waals surface area contributed by atoms with Gasteiger partial charge in [-0.1, -0.05) is 250 Å². The van der Waals surface area contributed by atoms with E-state index < -0.39 is 20.0 Å². The maximum absolute atomic E-state index is 13.5. The van der Waals surface area contributed by atoms with Gasteiger partial charge in [-0.15, -0.1) is 0 Å². The summed E-state index contributed by atoms with van der Waals surface area (Å²) in [4.78, 5) is 39.9. The van der Waals surface area contributed by atoms with Gasteiger partial charge in [0.1, 0.15) is 19.3 Å². The number of quaternary nitrogens is 1. The first-order valence-corrected chi connectivity index (χ1v) is 31.3. The Labute approximate surface area is 434 Å². The molecule has 0 aromatic carbocycles. The third kappa shape index (κ3) is 51.1. The van der Waals surface area contributed by atoms with Gasteiger partial charge in [0.15, 0.2) is 0 Å². The minimum atomic E-state index is -4.69. The molecule has 0 aromatic rings. The number of allylic oxidation sites excluding steroid dienone is 5. The molecule has 0 spiro atoms. The minimum Gasteiger partial charge on any atom is -0.756 e. The summed E-state index contributed by atoms with van der Waals surface area (Å²) in [6, 6.07) is -0.888. The highest BCUT2D eigenvalue weighted by Gasteiger charge is 2.27. The predicted octanol–water partition coefficient (Wildman–Crippen LogP) is 17.3. The number of nitrogens with zero attached hydrogens (tertiary/aromatic N) is 1. The zero-order valence-corrected chi connectivity index (χ0v) is 47.9. The standard InChI is InChI=1S/C60H115N2O7P/c1-7-10-13-16-19-22-25-28-30-31-33-34-37-40-43-46-49-52-59(63)61-57(56-68-70(65,66)67-55-54-62(4,5)6)58(51-48-45-42-39-36-27-24-21-18-15-12-9-3)69-60(64)53-50-47-44-41-38-35-32-29-26-23-20-17-14-11-8-2/h20,23,26,29,48,51,57-58H,7-19,21-22,24-25,27-28,30-47,49-50,52-56H2,1-6H3,(H-,61,63,65,66)/b23-20+,29-26+,51-48+. The highest BCUT2D eigenvalue weighted by atomic mass is 31.2. The van der Waals surface area contributed by atoms with E-state index in [1.54, 1.807) is 0 Å². The first-order chi connectivity index (χ1) is 33.9. The molecule has 0 aromatic heterocycles. The van der Waals surface area contributed by atoms with Crippen molar-refractivity contribution in [2.24, 2.45) is 0 Å². The number of carbonyl (C=O) groups excluding carboxylic acids is 2. The minimum absolute atomic E-state index is 0.0221. The van der Waals surface area contributed by atoms with Gasteiger partial charge in [-0.05, 0) is 57.4 Å². The third-order valence-electron chi connectivity index (χ3n) is 13.4. The number of phosphoric ester groups is 1. The number of carbonyl (C=O) groups is 2. The second-order valence-corrected chi connectivity index (χ2v) is 22.9. The Balaban J connectivity index is 5.30. The summed E-state index contributed by atoms with van der Waals surface area (Å²) in [5.74, 6) is -0.543. The van der Waals surface area contributed by atoms with Gasteiger partial charge < -0.3 is 28.5 Å². The summed E-state index contributed by atoms with van der Waals surface area (Å²) < 4.78 is 30.3. The molecule has 1 amide bonds. The molecule has 0 rings (SSSR count). The van der Waals surface area contributed by atoms with Crippen molar-refractivity contribution in [2.45, 2.75) is 296 Å². The van der Waals surface area contributed by atoms with Gasteiger partial charge in [0.25, 0.3) is 7.82 Å². The van der Waals surface area contributed by atoms with Crippen LogP contribution in [0.2, 0.25) is 0 Å². The fourth-order valence-corrected chi connectivity index (χ4v) is 9.41. The average Bonchev–Trinajstić information content (AvgIpc) is 3.32. The normalized spacial score (nSPS) is 14.0. The van der Waals surface area contributed by atoms with Crippen LogP contribution in [0, 0.1) is 0 Å². The molecule has 0 radical (unpaired) electrons. The molecule has 1 N–H and O–H groups in total. The number of amides is 1. The summed E-state index contributed by atoms with van der Waals surface area (Å²) in [5, 5.41) is 3.03. The molecule has 0 saturated heterocycles. The lowest BCUT2D eigenvalue weighted by Gasteiger charge is -2.30. The summed E-state index contributed by atoms with van der Waals surface area (Å²) in [6.45, 7) is 6.83. The second kappa shape index (κ2) is 50.7. The molecule has 0 saturated carbocycles. The van der Waals surface area contributed by atoms with Crippen molar-refractivity contribution < 1.29 is 37.3 Å². The fraction of sp³-hybridized carbons (Fsp3) is 0.867. The molecule has 3 unspecified atom stereocenters. The lowest BCUT2D eigenvalue weighted by atomic mass is 10.0. The highest BCUT2D eigenvalue weighted by molar-refractivity contribution is 7.45. The zero-order chi connectivity index (χ0) is 51.5. The number of esters is 1. The Kier molecular flexibility index (Phi) is 49.5. The van der Waals surface area contributed by atoms with Crippen LogP contribution in [-0.2, 0) is 27.9 Å². The van der Waals surface area contributed by atoms with Gasteiger partial charge in [-0.2, -0.15) is 0 Å². The number of hydrogen-bond acceptors (Lipinski definition) is 7. The van der Waals surface area contributed by atoms with Gasteiger partial charge in [0, 0.05) is 12.8 Å². The van der Waals surface area contributed by atoms with Crippen molar-refractivity contribution in [1.82, 2.24) is 5.32 Å². The SMILES string of the molecule is CCCCC/C=C/C=C/CCCCCCCCC(=O)OC(/C=C/CCCCCCCCCCCC)C(COP(=O)([O-])OCC[N+](C)(C)C)NC(=O)CCCCCCCCCCCCCCCCCCC. The van der Waals surface area contributed by atoms with Gasteiger partial charge in [0.2, 0.25) is 5.91 Å². The molecule has 3 atom stereocenters. The van der Waals surface area contributed by atoms with Crippen molar-refractivity contribution in [1.29, 1.82) is 0 Å². The topological polar surface area (TPSA) is 114 Å². The van der Waals surface area contributed by atoms with Crippen LogP contribution >= 0.6 is 7.82 Å². The van der Waals surface area contributed by atoms with Crippen LogP contribution in [0.25, 0.3) is 0 Å². The van der Waals surface area contributed by atoms with Crippen LogP contribution < -0.4 is 10.2 Å². The van der Waals surface area contributed by atoms with E-state index in [1.807, 2.05) is 33.3 Å². The van der Waals surface area contributed by atoms with E-state index in [4.69, 9.17) is 13.8 Å². The quantitative estimate of drug-likeness (QED) is 0.0161. The summed E-state index contributed by atoms with van der Waals surface area (Å²) in [5.41, 5.74) is 0. The lowest BCUT2D eigenvalue weighted by Crippen LogP contribution is -2.47. The first-order valence-electron chi connectivity index (χ1n) is 29.8. The monoisotopic (exact) mass is 1010 g/mol. The van der Waals surface area contributed by atoms with Crippen LogP contribution in [0.1, 0.15) is 284 Å². The van der Waals surface area contributed by atoms with Crippen LogP contribution in [0.3, 0.4) is 0 Å². The fourth-order valence-electron chi connectivity index (χ4n) is 8.69. The van der Waals surface area contributed by atoms with Crippen LogP contribution in [-0.4, -0.2) is 69.4 Å². The number of phosphoric acid groups is 1.